The van der Waals surface area contributed by atoms with E-state index in [4.69, 9.17) is 16.2 Å². The standard InChI is InChI=1S/C35H42N7O10P/c36-34(37)38-16-8-15-27(42-35(48)52-19-26-24-13-6-4-11-22(24)23-12-5-7-14-25(23)26)31(44)39-18-30(43)40-29(20-53(49,50)51)32(45)41-28(33(46)47)17-21-9-2-1-3-10-21/h1-7,9-14,26-29H,8,15-20H2,(H,39,44)(H,40,43)(H,41,45)(H,42,48)(H,46,47)(H4,36,37,38)(H2,49,50,51)/t27-,28-,29-/m0/s1. The number of aliphatic imine (C=N–C) groups is 1. The third-order valence-corrected chi connectivity index (χ3v) is 9.13. The first kappa shape index (κ1) is 40.0. The third kappa shape index (κ3) is 12.2. The molecule has 3 aromatic rings. The molecule has 0 unspecified atom stereocenters. The molecule has 4 rings (SSSR count). The van der Waals surface area contributed by atoms with E-state index in [1.807, 2.05) is 48.5 Å². The van der Waals surface area contributed by atoms with Crippen molar-refractivity contribution in [1.29, 1.82) is 0 Å². The fourth-order valence-corrected chi connectivity index (χ4v) is 6.58. The Morgan fingerprint density at radius 3 is 1.98 bits per heavy atom. The summed E-state index contributed by atoms with van der Waals surface area (Å²) in [5, 5.41) is 18.8. The molecule has 1 aliphatic carbocycles. The van der Waals surface area contributed by atoms with E-state index < -0.39 is 68.2 Å². The summed E-state index contributed by atoms with van der Waals surface area (Å²) in [5.74, 6) is -4.83. The van der Waals surface area contributed by atoms with Crippen molar-refractivity contribution in [3.8, 4) is 11.1 Å². The van der Waals surface area contributed by atoms with E-state index in [-0.39, 0.29) is 44.3 Å². The van der Waals surface area contributed by atoms with Gasteiger partial charge in [0.25, 0.3) is 0 Å². The SMILES string of the molecule is NC(N)=NCCC[C@H](NC(=O)OCC1c2ccccc2-c2ccccc21)C(=O)NCC(=O)N[C@@H](CP(=O)(O)O)C(=O)N[C@@H](Cc1ccccc1)C(=O)O. The van der Waals surface area contributed by atoms with Crippen LogP contribution in [-0.2, 0) is 34.9 Å². The number of fused-ring (bicyclic) bond motifs is 3. The molecular formula is C35H42N7O10P. The molecule has 11 N–H and O–H groups in total. The van der Waals surface area contributed by atoms with Gasteiger partial charge in [-0.05, 0) is 40.7 Å². The number of ether oxygens (including phenoxy) is 1. The Labute approximate surface area is 304 Å². The van der Waals surface area contributed by atoms with Crippen molar-refractivity contribution in [2.45, 2.75) is 43.3 Å². The molecule has 18 heteroatoms. The number of carboxylic acids is 1. The highest BCUT2D eigenvalue weighted by Crippen LogP contribution is 2.44. The molecular weight excluding hydrogens is 709 g/mol. The number of carbonyl (C=O) groups is 5. The number of hydrogen-bond donors (Lipinski definition) is 9. The van der Waals surface area contributed by atoms with E-state index in [0.717, 1.165) is 22.3 Å². The summed E-state index contributed by atoms with van der Waals surface area (Å²) in [5.41, 5.74) is 15.4. The number of nitrogens with two attached hydrogens (primary N) is 2. The molecule has 0 aliphatic heterocycles. The molecule has 0 fully saturated rings. The van der Waals surface area contributed by atoms with Gasteiger partial charge in [0.2, 0.25) is 17.7 Å². The van der Waals surface area contributed by atoms with Gasteiger partial charge in [-0.15, -0.1) is 0 Å². The van der Waals surface area contributed by atoms with Crippen LogP contribution in [0.15, 0.2) is 83.9 Å². The fraction of sp³-hybridized carbons (Fsp3) is 0.314. The summed E-state index contributed by atoms with van der Waals surface area (Å²) in [7, 11) is -4.91. The van der Waals surface area contributed by atoms with Gasteiger partial charge in [-0.25, -0.2) is 9.59 Å². The van der Waals surface area contributed by atoms with E-state index in [2.05, 4.69) is 26.3 Å². The maximum atomic E-state index is 13.2. The average Bonchev–Trinajstić information content (AvgIpc) is 3.43. The van der Waals surface area contributed by atoms with Crippen LogP contribution in [-0.4, -0.2) is 94.6 Å². The lowest BCUT2D eigenvalue weighted by Crippen LogP contribution is -2.55. The first-order chi connectivity index (χ1) is 25.2. The highest BCUT2D eigenvalue weighted by Gasteiger charge is 2.33. The molecule has 0 spiro atoms. The molecule has 0 radical (unpaired) electrons. The van der Waals surface area contributed by atoms with Gasteiger partial charge in [-0.2, -0.15) is 0 Å². The van der Waals surface area contributed by atoms with Crippen LogP contribution in [0.4, 0.5) is 4.79 Å². The predicted octanol–water partition coefficient (Wildman–Crippen LogP) is 0.538. The Bertz CT molecular complexity index is 1820. The van der Waals surface area contributed by atoms with E-state index >= 15 is 0 Å². The molecule has 0 saturated heterocycles. The molecule has 282 valence electrons. The zero-order chi connectivity index (χ0) is 38.5. The van der Waals surface area contributed by atoms with Gasteiger partial charge in [0.05, 0.1) is 12.7 Å². The Morgan fingerprint density at radius 2 is 1.40 bits per heavy atom. The van der Waals surface area contributed by atoms with Crippen LogP contribution in [0.25, 0.3) is 11.1 Å². The van der Waals surface area contributed by atoms with Crippen LogP contribution >= 0.6 is 7.60 Å². The van der Waals surface area contributed by atoms with E-state index in [9.17, 15) is 43.4 Å². The van der Waals surface area contributed by atoms with Gasteiger partial charge in [-0.3, -0.25) is 23.9 Å². The summed E-state index contributed by atoms with van der Waals surface area (Å²) < 4.78 is 17.4. The van der Waals surface area contributed by atoms with Gasteiger partial charge in [0.1, 0.15) is 24.7 Å². The minimum absolute atomic E-state index is 0.0235. The van der Waals surface area contributed by atoms with E-state index in [1.165, 1.54) is 0 Å². The van der Waals surface area contributed by atoms with Crippen LogP contribution in [0, 0.1) is 0 Å². The second-order valence-corrected chi connectivity index (χ2v) is 13.9. The summed E-state index contributed by atoms with van der Waals surface area (Å²) in [6.07, 6.45) is -1.93. The van der Waals surface area contributed by atoms with Crippen LogP contribution in [0.3, 0.4) is 0 Å². The molecule has 3 aromatic carbocycles. The molecule has 4 amide bonds. The first-order valence-corrected chi connectivity index (χ1v) is 18.4. The van der Waals surface area contributed by atoms with Crippen molar-refractivity contribution < 1.29 is 48.2 Å². The molecule has 1 aliphatic rings. The van der Waals surface area contributed by atoms with E-state index in [1.54, 1.807) is 30.3 Å². The van der Waals surface area contributed by atoms with Gasteiger partial charge in [0.15, 0.2) is 5.96 Å². The molecule has 0 saturated carbocycles. The van der Waals surface area contributed by atoms with Gasteiger partial charge in [-0.1, -0.05) is 78.9 Å². The normalized spacial score (nSPS) is 13.6. The molecule has 17 nitrogen and oxygen atoms in total. The van der Waals surface area contributed by atoms with Crippen molar-refractivity contribution in [3.05, 3.63) is 95.6 Å². The highest BCUT2D eigenvalue weighted by molar-refractivity contribution is 7.51. The average molecular weight is 752 g/mol. The Kier molecular flexibility index (Phi) is 14.1. The lowest BCUT2D eigenvalue weighted by Gasteiger charge is -2.22. The van der Waals surface area contributed by atoms with Crippen LogP contribution in [0.5, 0.6) is 0 Å². The molecule has 0 aromatic heterocycles. The number of guanidine groups is 1. The molecule has 53 heavy (non-hydrogen) atoms. The zero-order valence-electron chi connectivity index (χ0n) is 28.5. The highest BCUT2D eigenvalue weighted by atomic mass is 31.2. The fourth-order valence-electron chi connectivity index (χ4n) is 5.84. The number of nitrogens with zero attached hydrogens (tertiary/aromatic N) is 1. The van der Waals surface area contributed by atoms with Gasteiger partial charge >= 0.3 is 19.7 Å². The first-order valence-electron chi connectivity index (χ1n) is 16.6. The van der Waals surface area contributed by atoms with Crippen LogP contribution in [0.2, 0.25) is 0 Å². The van der Waals surface area contributed by atoms with Crippen LogP contribution < -0.4 is 32.7 Å². The zero-order valence-corrected chi connectivity index (χ0v) is 29.4. The molecule has 0 bridgehead atoms. The number of carbonyl (C=O) groups excluding carboxylic acids is 4. The van der Waals surface area contributed by atoms with Crippen molar-refractivity contribution in [3.63, 3.8) is 0 Å². The van der Waals surface area contributed by atoms with Crippen LogP contribution in [0.1, 0.15) is 35.4 Å². The number of benzene rings is 3. The maximum absolute atomic E-state index is 13.2. The minimum Gasteiger partial charge on any atom is -0.480 e. The number of rotatable bonds is 18. The summed E-state index contributed by atoms with van der Waals surface area (Å²) in [4.78, 5) is 87.0. The number of amides is 4. The molecule has 0 heterocycles. The monoisotopic (exact) mass is 751 g/mol. The second-order valence-electron chi connectivity index (χ2n) is 12.2. The largest absolute Gasteiger partial charge is 0.480 e. The van der Waals surface area contributed by atoms with Gasteiger partial charge < -0.3 is 52.4 Å². The van der Waals surface area contributed by atoms with Crippen molar-refractivity contribution in [2.75, 3.05) is 25.9 Å². The van der Waals surface area contributed by atoms with Gasteiger partial charge in [0, 0.05) is 18.9 Å². The summed E-state index contributed by atoms with van der Waals surface area (Å²) in [6.45, 7) is -0.672. The van der Waals surface area contributed by atoms with Crippen molar-refractivity contribution in [2.24, 2.45) is 16.5 Å². The maximum Gasteiger partial charge on any atom is 0.407 e. The van der Waals surface area contributed by atoms with E-state index in [0.29, 0.717) is 5.56 Å². The number of aliphatic carboxylic acids is 1. The summed E-state index contributed by atoms with van der Waals surface area (Å²) >= 11 is 0. The number of carboxylic acid groups (broad SMARTS) is 1. The summed E-state index contributed by atoms with van der Waals surface area (Å²) in [6, 6.07) is 19.3. The Morgan fingerprint density at radius 1 is 0.792 bits per heavy atom. The number of alkyl carbamates (subject to hydrolysis) is 1. The molecule has 3 atom stereocenters. The lowest BCUT2D eigenvalue weighted by molar-refractivity contribution is -0.142. The number of nitrogens with one attached hydrogen (secondary N) is 4. The second kappa shape index (κ2) is 18.6. The number of hydrogen-bond acceptors (Lipinski definition) is 8. The minimum atomic E-state index is -4.91. The Balaban J connectivity index is 1.37. The topological polar surface area (TPSA) is 285 Å². The Hall–Kier alpha value is -5.77. The predicted molar refractivity (Wildman–Crippen MR) is 193 cm³/mol. The quantitative estimate of drug-likeness (QED) is 0.0373. The lowest BCUT2D eigenvalue weighted by atomic mass is 9.98. The van der Waals surface area contributed by atoms with Crippen molar-refractivity contribution >= 4 is 43.3 Å². The third-order valence-electron chi connectivity index (χ3n) is 8.29. The smallest absolute Gasteiger partial charge is 0.407 e. The van der Waals surface area contributed by atoms with Crippen molar-refractivity contribution in [1.82, 2.24) is 21.3 Å².